The van der Waals surface area contributed by atoms with Crippen LogP contribution in [-0.4, -0.2) is 29.9 Å². The number of aromatic nitrogens is 5. The van der Waals surface area contributed by atoms with Gasteiger partial charge in [-0.25, -0.2) is 9.67 Å². The lowest BCUT2D eigenvalue weighted by Gasteiger charge is -2.21. The Morgan fingerprint density at radius 2 is 1.79 bits per heavy atom. The van der Waals surface area contributed by atoms with Gasteiger partial charge in [0.05, 0.1) is 15.9 Å². The average molecular weight is 477 g/mol. The number of hydrogen-bond acceptors (Lipinski definition) is 8. The van der Waals surface area contributed by atoms with Gasteiger partial charge in [0.2, 0.25) is 16.9 Å². The molecule has 1 unspecified atom stereocenters. The van der Waals surface area contributed by atoms with Crippen LogP contribution in [0.4, 0.5) is 5.69 Å². The van der Waals surface area contributed by atoms with Gasteiger partial charge in [0.15, 0.2) is 0 Å². The summed E-state index contributed by atoms with van der Waals surface area (Å²) in [4.78, 5) is 15.4. The summed E-state index contributed by atoms with van der Waals surface area (Å²) in [5.74, 6) is 2.19. The first-order chi connectivity index (χ1) is 16.6. The van der Waals surface area contributed by atoms with Gasteiger partial charge in [0.1, 0.15) is 5.82 Å². The molecule has 2 aromatic heterocycles. The molecule has 0 radical (unpaired) electrons. The quantitative estimate of drug-likeness (QED) is 0.178. The molecule has 1 atom stereocenters. The molecule has 0 N–H and O–H groups in total. The first-order valence-electron chi connectivity index (χ1n) is 11.4. The van der Waals surface area contributed by atoms with E-state index in [0.717, 1.165) is 24.4 Å². The minimum atomic E-state index is -0.440. The summed E-state index contributed by atoms with van der Waals surface area (Å²) in [6.07, 6.45) is 5.99. The van der Waals surface area contributed by atoms with E-state index in [1.54, 1.807) is 12.1 Å². The van der Waals surface area contributed by atoms with E-state index in [0.29, 0.717) is 28.4 Å². The highest BCUT2D eigenvalue weighted by Crippen LogP contribution is 2.37. The lowest BCUT2D eigenvalue weighted by molar-refractivity contribution is -0.384. The summed E-state index contributed by atoms with van der Waals surface area (Å²) in [7, 11) is 0. The van der Waals surface area contributed by atoms with Crippen molar-refractivity contribution in [1.82, 2.24) is 25.0 Å². The Labute approximate surface area is 200 Å². The van der Waals surface area contributed by atoms with Gasteiger partial charge >= 0.3 is 0 Å². The maximum Gasteiger partial charge on any atom is 0.269 e. The highest BCUT2D eigenvalue weighted by Gasteiger charge is 2.25. The van der Waals surface area contributed by atoms with Gasteiger partial charge in [-0.1, -0.05) is 49.2 Å². The molecule has 10 heteroatoms. The van der Waals surface area contributed by atoms with Crippen LogP contribution in [0.2, 0.25) is 0 Å². The van der Waals surface area contributed by atoms with Crippen LogP contribution in [0.25, 0.3) is 17.1 Å². The third-order valence-corrected chi connectivity index (χ3v) is 6.92. The van der Waals surface area contributed by atoms with Gasteiger partial charge in [0, 0.05) is 23.6 Å². The van der Waals surface area contributed by atoms with Crippen molar-refractivity contribution in [2.45, 2.75) is 55.4 Å². The van der Waals surface area contributed by atoms with E-state index >= 15 is 0 Å². The van der Waals surface area contributed by atoms with Crippen molar-refractivity contribution in [3.63, 3.8) is 0 Å². The molecule has 0 bridgehead atoms. The minimum absolute atomic E-state index is 0.0151. The Morgan fingerprint density at radius 1 is 1.06 bits per heavy atom. The van der Waals surface area contributed by atoms with Crippen LogP contribution in [0, 0.1) is 10.1 Å². The molecule has 0 aliphatic heterocycles. The second-order valence-electron chi connectivity index (χ2n) is 8.34. The van der Waals surface area contributed by atoms with Gasteiger partial charge in [-0.3, -0.25) is 10.1 Å². The zero-order valence-electron chi connectivity index (χ0n) is 18.7. The second kappa shape index (κ2) is 9.76. The maximum atomic E-state index is 10.9. The van der Waals surface area contributed by atoms with Crippen molar-refractivity contribution >= 4 is 17.4 Å². The van der Waals surface area contributed by atoms with Gasteiger partial charge in [-0.05, 0) is 44.0 Å². The molecule has 0 saturated heterocycles. The number of benzene rings is 2. The lowest BCUT2D eigenvalue weighted by atomic mass is 9.88. The predicted octanol–water partition coefficient (Wildman–Crippen LogP) is 6.13. The molecular formula is C24H24N6O3S. The fourth-order valence-corrected chi connectivity index (χ4v) is 4.98. The van der Waals surface area contributed by atoms with Crippen LogP contribution in [0.15, 0.2) is 64.2 Å². The molecule has 1 saturated carbocycles. The first-order valence-corrected chi connectivity index (χ1v) is 12.2. The van der Waals surface area contributed by atoms with E-state index in [9.17, 15) is 10.1 Å². The summed E-state index contributed by atoms with van der Waals surface area (Å²) in [6.45, 7) is 1.97. The Bertz CT molecular complexity index is 1270. The third-order valence-electron chi connectivity index (χ3n) is 5.98. The number of non-ortho nitro benzene ring substituents is 1. The summed E-state index contributed by atoms with van der Waals surface area (Å²) >= 11 is 1.48. The highest BCUT2D eigenvalue weighted by atomic mass is 32.2. The first kappa shape index (κ1) is 22.3. The van der Waals surface area contributed by atoms with E-state index in [2.05, 4.69) is 10.2 Å². The normalized spacial score (nSPS) is 15.3. The monoisotopic (exact) mass is 476 g/mol. The Morgan fingerprint density at radius 3 is 2.50 bits per heavy atom. The number of nitrogens with zero attached hydrogens (tertiary/aromatic N) is 6. The Hall–Kier alpha value is -3.53. The molecule has 2 aromatic carbocycles. The minimum Gasteiger partial charge on any atom is -0.419 e. The highest BCUT2D eigenvalue weighted by molar-refractivity contribution is 7.99. The predicted molar refractivity (Wildman–Crippen MR) is 128 cm³/mol. The molecule has 34 heavy (non-hydrogen) atoms. The van der Waals surface area contributed by atoms with Crippen LogP contribution in [0.5, 0.6) is 0 Å². The zero-order chi connectivity index (χ0) is 23.5. The van der Waals surface area contributed by atoms with Crippen LogP contribution in [0.3, 0.4) is 0 Å². The Kier molecular flexibility index (Phi) is 6.39. The van der Waals surface area contributed by atoms with Gasteiger partial charge in [0.25, 0.3) is 5.69 Å². The van der Waals surface area contributed by atoms with Crippen molar-refractivity contribution < 1.29 is 9.34 Å². The number of nitro groups is 1. The van der Waals surface area contributed by atoms with Crippen molar-refractivity contribution in [2.75, 3.05) is 0 Å². The molecule has 4 aromatic rings. The van der Waals surface area contributed by atoms with E-state index in [1.807, 2.05) is 41.9 Å². The summed E-state index contributed by atoms with van der Waals surface area (Å²) < 4.78 is 7.84. The molecule has 1 aliphatic carbocycles. The lowest BCUT2D eigenvalue weighted by Crippen LogP contribution is -2.12. The number of rotatable bonds is 7. The summed E-state index contributed by atoms with van der Waals surface area (Å²) in [5.41, 5.74) is 1.65. The van der Waals surface area contributed by atoms with E-state index in [4.69, 9.17) is 14.5 Å². The van der Waals surface area contributed by atoms with E-state index in [1.165, 1.54) is 43.2 Å². The SMILES string of the molecule is CC(Sc1nc(C2CCCCC2)n(-c2ccccc2)n1)c1nnc(-c2ccc([N+](=O)[O-])cc2)o1. The summed E-state index contributed by atoms with van der Waals surface area (Å²) in [5, 5.41) is 24.5. The number of hydrogen-bond donors (Lipinski definition) is 0. The standard InChI is InChI=1S/C24H24N6O3S/c1-16(22-26-27-23(33-22)18-12-14-20(15-13-18)30(31)32)34-24-25-21(17-8-4-2-5-9-17)29(28-24)19-10-6-3-7-11-19/h3,6-7,10-17H,2,4-5,8-9H2,1H3. The van der Waals surface area contributed by atoms with Gasteiger partial charge in [-0.15, -0.1) is 15.3 Å². The zero-order valence-corrected chi connectivity index (χ0v) is 19.5. The topological polar surface area (TPSA) is 113 Å². The second-order valence-corrected chi connectivity index (χ2v) is 9.65. The van der Waals surface area contributed by atoms with Crippen LogP contribution < -0.4 is 0 Å². The van der Waals surface area contributed by atoms with E-state index < -0.39 is 4.92 Å². The average Bonchev–Trinajstić information content (AvgIpc) is 3.53. The number of nitro benzene ring substituents is 1. The van der Waals surface area contributed by atoms with Crippen molar-refractivity contribution in [1.29, 1.82) is 0 Å². The maximum absolute atomic E-state index is 10.9. The molecular weight excluding hydrogens is 452 g/mol. The van der Waals surface area contributed by atoms with Crippen molar-refractivity contribution in [3.8, 4) is 17.1 Å². The molecule has 5 rings (SSSR count). The molecule has 174 valence electrons. The molecule has 0 spiro atoms. The molecule has 2 heterocycles. The Balaban J connectivity index is 1.37. The smallest absolute Gasteiger partial charge is 0.269 e. The van der Waals surface area contributed by atoms with Crippen LogP contribution >= 0.6 is 11.8 Å². The van der Waals surface area contributed by atoms with Gasteiger partial charge in [-0.2, -0.15) is 0 Å². The molecule has 1 fully saturated rings. The van der Waals surface area contributed by atoms with Crippen molar-refractivity contribution in [3.05, 3.63) is 76.4 Å². The third kappa shape index (κ3) is 4.72. The fourth-order valence-electron chi connectivity index (χ4n) is 4.19. The summed E-state index contributed by atoms with van der Waals surface area (Å²) in [6, 6.07) is 16.2. The molecule has 9 nitrogen and oxygen atoms in total. The fraction of sp³-hybridized carbons (Fsp3) is 0.333. The number of para-hydroxylation sites is 1. The van der Waals surface area contributed by atoms with Crippen LogP contribution in [0.1, 0.15) is 61.9 Å². The molecule has 1 aliphatic rings. The largest absolute Gasteiger partial charge is 0.419 e. The van der Waals surface area contributed by atoms with Gasteiger partial charge < -0.3 is 4.42 Å². The molecule has 0 amide bonds. The number of thioether (sulfide) groups is 1. The van der Waals surface area contributed by atoms with Crippen LogP contribution in [-0.2, 0) is 0 Å². The van der Waals surface area contributed by atoms with E-state index in [-0.39, 0.29) is 10.9 Å². The van der Waals surface area contributed by atoms with Crippen molar-refractivity contribution in [2.24, 2.45) is 0 Å².